The van der Waals surface area contributed by atoms with Crippen LogP contribution in [0, 0.1) is 5.92 Å². The van der Waals surface area contributed by atoms with E-state index < -0.39 is 0 Å². The SMILES string of the molecule is c1ccc(Oc2ccc(-c3cc(N4CC(CN5CCCC5)C4)c4nonc4c3)cc2)cc1. The molecule has 2 aliphatic rings. The molecular weight excluding hydrogens is 400 g/mol. The van der Waals surface area contributed by atoms with Crippen LogP contribution in [0.2, 0.25) is 0 Å². The second kappa shape index (κ2) is 8.28. The van der Waals surface area contributed by atoms with Crippen LogP contribution in [0.1, 0.15) is 12.8 Å². The van der Waals surface area contributed by atoms with Crippen molar-refractivity contribution in [2.24, 2.45) is 5.92 Å². The number of hydrogen-bond acceptors (Lipinski definition) is 6. The lowest BCUT2D eigenvalue weighted by Gasteiger charge is -2.42. The minimum Gasteiger partial charge on any atom is -0.457 e. The van der Waals surface area contributed by atoms with Crippen LogP contribution in [0.25, 0.3) is 22.2 Å². The summed E-state index contributed by atoms with van der Waals surface area (Å²) in [6, 6.07) is 22.3. The average molecular weight is 427 g/mol. The summed E-state index contributed by atoms with van der Waals surface area (Å²) >= 11 is 0. The van der Waals surface area contributed by atoms with Gasteiger partial charge in [-0.05, 0) is 83.8 Å². The fourth-order valence-electron chi connectivity index (χ4n) is 4.83. The lowest BCUT2D eigenvalue weighted by molar-refractivity contribution is 0.247. The van der Waals surface area contributed by atoms with Gasteiger partial charge >= 0.3 is 0 Å². The number of ether oxygens (including phenoxy) is 1. The Morgan fingerprint density at radius 2 is 1.59 bits per heavy atom. The number of nitrogens with zero attached hydrogens (tertiary/aromatic N) is 4. The van der Waals surface area contributed by atoms with E-state index in [9.17, 15) is 0 Å². The molecular formula is C26H26N4O2. The van der Waals surface area contributed by atoms with Crippen LogP contribution in [0.3, 0.4) is 0 Å². The molecule has 3 aromatic carbocycles. The molecule has 162 valence electrons. The molecule has 0 N–H and O–H groups in total. The summed E-state index contributed by atoms with van der Waals surface area (Å²) in [4.78, 5) is 5.01. The molecule has 0 aliphatic carbocycles. The molecule has 32 heavy (non-hydrogen) atoms. The zero-order chi connectivity index (χ0) is 21.3. The van der Waals surface area contributed by atoms with Gasteiger partial charge < -0.3 is 14.5 Å². The summed E-state index contributed by atoms with van der Waals surface area (Å²) in [7, 11) is 0. The predicted molar refractivity (Wildman–Crippen MR) is 125 cm³/mol. The van der Waals surface area contributed by atoms with Crippen molar-refractivity contribution in [3.63, 3.8) is 0 Å². The molecule has 2 aliphatic heterocycles. The van der Waals surface area contributed by atoms with Crippen molar-refractivity contribution >= 4 is 16.7 Å². The summed E-state index contributed by atoms with van der Waals surface area (Å²) in [5, 5.41) is 8.32. The Morgan fingerprint density at radius 3 is 2.38 bits per heavy atom. The number of benzene rings is 3. The Labute approximate surface area is 187 Å². The van der Waals surface area contributed by atoms with E-state index in [0.29, 0.717) is 0 Å². The average Bonchev–Trinajstić information content (AvgIpc) is 3.49. The third-order valence-electron chi connectivity index (χ3n) is 6.52. The molecule has 2 fully saturated rings. The molecule has 0 saturated carbocycles. The molecule has 0 bridgehead atoms. The summed E-state index contributed by atoms with van der Waals surface area (Å²) in [5.74, 6) is 2.37. The fourth-order valence-corrected chi connectivity index (χ4v) is 4.83. The number of aromatic nitrogens is 2. The zero-order valence-corrected chi connectivity index (χ0v) is 18.0. The van der Waals surface area contributed by atoms with Crippen LogP contribution in [0.5, 0.6) is 11.5 Å². The van der Waals surface area contributed by atoms with E-state index in [1.807, 2.05) is 48.5 Å². The van der Waals surface area contributed by atoms with Crippen molar-refractivity contribution in [3.8, 4) is 22.6 Å². The largest absolute Gasteiger partial charge is 0.457 e. The molecule has 0 unspecified atom stereocenters. The van der Waals surface area contributed by atoms with E-state index >= 15 is 0 Å². The molecule has 6 rings (SSSR count). The highest BCUT2D eigenvalue weighted by molar-refractivity contribution is 5.93. The maximum absolute atomic E-state index is 5.93. The van der Waals surface area contributed by atoms with E-state index in [1.165, 1.54) is 32.5 Å². The van der Waals surface area contributed by atoms with E-state index in [4.69, 9.17) is 9.37 Å². The number of rotatable bonds is 6. The first kappa shape index (κ1) is 19.3. The molecule has 1 aromatic heterocycles. The third kappa shape index (κ3) is 3.82. The van der Waals surface area contributed by atoms with Crippen LogP contribution >= 0.6 is 0 Å². The van der Waals surface area contributed by atoms with E-state index in [1.54, 1.807) is 0 Å². The van der Waals surface area contributed by atoms with Crippen LogP contribution in [0.15, 0.2) is 71.4 Å². The van der Waals surface area contributed by atoms with Crippen LogP contribution in [-0.2, 0) is 0 Å². The molecule has 4 aromatic rings. The van der Waals surface area contributed by atoms with E-state index in [-0.39, 0.29) is 0 Å². The summed E-state index contributed by atoms with van der Waals surface area (Å²) < 4.78 is 11.0. The fraction of sp³-hybridized carbons (Fsp3) is 0.308. The van der Waals surface area contributed by atoms with Gasteiger partial charge in [-0.1, -0.05) is 30.3 Å². The number of anilines is 1. The van der Waals surface area contributed by atoms with Crippen LogP contribution < -0.4 is 9.64 Å². The lowest BCUT2D eigenvalue weighted by atomic mass is 9.96. The topological polar surface area (TPSA) is 54.6 Å². The molecule has 3 heterocycles. The summed E-state index contributed by atoms with van der Waals surface area (Å²) in [6.07, 6.45) is 2.69. The summed E-state index contributed by atoms with van der Waals surface area (Å²) in [6.45, 7) is 5.84. The molecule has 6 nitrogen and oxygen atoms in total. The maximum atomic E-state index is 5.93. The molecule has 6 heteroatoms. The van der Waals surface area contributed by atoms with Crippen molar-refractivity contribution in [2.45, 2.75) is 12.8 Å². The van der Waals surface area contributed by atoms with Gasteiger partial charge in [-0.3, -0.25) is 0 Å². The highest BCUT2D eigenvalue weighted by Crippen LogP contribution is 2.36. The minimum atomic E-state index is 0.723. The number of para-hydroxylation sites is 1. The standard InChI is InChI=1S/C26H26N4O2/c1-2-6-22(7-3-1)31-23-10-8-20(9-11-23)21-14-24-26(28-32-27-24)25(15-21)30-17-19(18-30)16-29-12-4-5-13-29/h1-3,6-11,14-15,19H,4-5,12-13,16-18H2. The first-order chi connectivity index (χ1) is 15.8. The predicted octanol–water partition coefficient (Wildman–Crippen LogP) is 5.21. The van der Waals surface area contributed by atoms with Crippen molar-refractivity contribution in [1.82, 2.24) is 15.2 Å². The van der Waals surface area contributed by atoms with Gasteiger partial charge in [0, 0.05) is 25.6 Å². The maximum Gasteiger partial charge on any atom is 0.158 e. The number of hydrogen-bond donors (Lipinski definition) is 0. The van der Waals surface area contributed by atoms with Gasteiger partial charge in [-0.15, -0.1) is 0 Å². The second-order valence-electron chi connectivity index (χ2n) is 8.85. The van der Waals surface area contributed by atoms with E-state index in [2.05, 4.69) is 38.3 Å². The summed E-state index contributed by atoms with van der Waals surface area (Å²) in [5.41, 5.74) is 4.98. The first-order valence-electron chi connectivity index (χ1n) is 11.4. The van der Waals surface area contributed by atoms with Gasteiger partial charge in [-0.25, -0.2) is 4.63 Å². The Hall–Kier alpha value is -3.38. The first-order valence-corrected chi connectivity index (χ1v) is 11.4. The third-order valence-corrected chi connectivity index (χ3v) is 6.52. The van der Waals surface area contributed by atoms with E-state index in [0.717, 1.165) is 58.4 Å². The molecule has 2 saturated heterocycles. The second-order valence-corrected chi connectivity index (χ2v) is 8.85. The Balaban J connectivity index is 1.21. The minimum absolute atomic E-state index is 0.723. The van der Waals surface area contributed by atoms with Crippen molar-refractivity contribution in [3.05, 3.63) is 66.7 Å². The van der Waals surface area contributed by atoms with Crippen molar-refractivity contribution < 1.29 is 9.37 Å². The number of likely N-dealkylation sites (tertiary alicyclic amines) is 1. The van der Waals surface area contributed by atoms with Crippen molar-refractivity contribution in [2.75, 3.05) is 37.6 Å². The monoisotopic (exact) mass is 426 g/mol. The Kier molecular flexibility index (Phi) is 5.00. The smallest absolute Gasteiger partial charge is 0.158 e. The normalized spacial score (nSPS) is 17.1. The van der Waals surface area contributed by atoms with Crippen LogP contribution in [0.4, 0.5) is 5.69 Å². The zero-order valence-electron chi connectivity index (χ0n) is 18.0. The Morgan fingerprint density at radius 1 is 0.844 bits per heavy atom. The van der Waals surface area contributed by atoms with Gasteiger partial charge in [0.25, 0.3) is 0 Å². The highest BCUT2D eigenvalue weighted by atomic mass is 16.6. The molecule has 0 spiro atoms. The van der Waals surface area contributed by atoms with Gasteiger partial charge in [0.1, 0.15) is 17.0 Å². The highest BCUT2D eigenvalue weighted by Gasteiger charge is 2.31. The molecule has 0 atom stereocenters. The van der Waals surface area contributed by atoms with Gasteiger partial charge in [0.05, 0.1) is 5.69 Å². The van der Waals surface area contributed by atoms with Gasteiger partial charge in [-0.2, -0.15) is 0 Å². The van der Waals surface area contributed by atoms with Crippen molar-refractivity contribution in [1.29, 1.82) is 0 Å². The molecule has 0 radical (unpaired) electrons. The quantitative estimate of drug-likeness (QED) is 0.422. The molecule has 0 amide bonds. The van der Waals surface area contributed by atoms with Gasteiger partial charge in [0.2, 0.25) is 0 Å². The lowest BCUT2D eigenvalue weighted by Crippen LogP contribution is -2.51. The Bertz CT molecular complexity index is 1190. The van der Waals surface area contributed by atoms with Crippen LogP contribution in [-0.4, -0.2) is 47.9 Å². The number of fused-ring (bicyclic) bond motifs is 1. The van der Waals surface area contributed by atoms with Gasteiger partial charge in [0.15, 0.2) is 5.52 Å².